The lowest BCUT2D eigenvalue weighted by molar-refractivity contribution is -0.125. The van der Waals surface area contributed by atoms with Crippen LogP contribution >= 0.6 is 0 Å². The van der Waals surface area contributed by atoms with Crippen molar-refractivity contribution < 1.29 is 9.59 Å². The number of amides is 2. The Kier molecular flexibility index (Phi) is 6.12. The fourth-order valence-electron chi connectivity index (χ4n) is 2.46. The number of hydrogen-bond donors (Lipinski definition) is 2. The molecule has 1 atom stereocenters. The molecular weight excluding hydrogens is 304 g/mol. The minimum Gasteiger partial charge on any atom is -0.345 e. The number of rotatable bonds is 7. The molecule has 0 radical (unpaired) electrons. The first-order valence-electron chi connectivity index (χ1n) is 8.08. The van der Waals surface area contributed by atoms with Gasteiger partial charge in [-0.1, -0.05) is 44.2 Å². The zero-order valence-electron chi connectivity index (χ0n) is 14.3. The molecule has 2 aromatic rings. The minimum absolute atomic E-state index is 0.212. The summed E-state index contributed by atoms with van der Waals surface area (Å²) in [6.07, 6.45) is 3.98. The third kappa shape index (κ3) is 5.53. The summed E-state index contributed by atoms with van der Waals surface area (Å²) in [5.74, 6) is -0.137. The third-order valence-electron chi connectivity index (χ3n) is 3.49. The van der Waals surface area contributed by atoms with Crippen molar-refractivity contribution in [2.45, 2.75) is 39.8 Å². The number of nitrogens with zero attached hydrogens (tertiary/aromatic N) is 2. The molecule has 1 aromatic heterocycles. The van der Waals surface area contributed by atoms with Crippen LogP contribution in [0.1, 0.15) is 32.8 Å². The maximum absolute atomic E-state index is 12.4. The van der Waals surface area contributed by atoms with E-state index in [0.29, 0.717) is 24.6 Å². The first-order valence-corrected chi connectivity index (χ1v) is 8.08. The van der Waals surface area contributed by atoms with Crippen molar-refractivity contribution >= 4 is 17.5 Å². The van der Waals surface area contributed by atoms with Gasteiger partial charge in [0.25, 0.3) is 0 Å². The van der Waals surface area contributed by atoms with Crippen LogP contribution in [-0.2, 0) is 16.1 Å². The van der Waals surface area contributed by atoms with Crippen LogP contribution in [0.2, 0.25) is 0 Å². The summed E-state index contributed by atoms with van der Waals surface area (Å²) in [6.45, 7) is 6.08. The molecule has 1 heterocycles. The highest BCUT2D eigenvalue weighted by Gasteiger charge is 2.21. The van der Waals surface area contributed by atoms with Crippen LogP contribution in [-0.4, -0.2) is 27.6 Å². The Morgan fingerprint density at radius 2 is 1.92 bits per heavy atom. The second kappa shape index (κ2) is 8.29. The summed E-state index contributed by atoms with van der Waals surface area (Å²) in [7, 11) is 0. The molecule has 2 rings (SSSR count). The van der Waals surface area contributed by atoms with E-state index in [1.807, 2.05) is 44.2 Å². The molecule has 0 unspecified atom stereocenters. The molecule has 6 nitrogen and oxygen atoms in total. The van der Waals surface area contributed by atoms with Gasteiger partial charge in [-0.25, -0.2) is 0 Å². The molecule has 2 amide bonds. The topological polar surface area (TPSA) is 76.0 Å². The summed E-state index contributed by atoms with van der Waals surface area (Å²) >= 11 is 0. The van der Waals surface area contributed by atoms with Crippen molar-refractivity contribution in [1.82, 2.24) is 15.1 Å². The van der Waals surface area contributed by atoms with E-state index >= 15 is 0 Å². The van der Waals surface area contributed by atoms with Crippen molar-refractivity contribution in [2.75, 3.05) is 5.32 Å². The number of hydrogen-bond acceptors (Lipinski definition) is 3. The number of anilines is 1. The Morgan fingerprint density at radius 3 is 2.54 bits per heavy atom. The van der Waals surface area contributed by atoms with Crippen LogP contribution in [0, 0.1) is 5.92 Å². The molecule has 6 heteroatoms. The zero-order valence-corrected chi connectivity index (χ0v) is 14.3. The van der Waals surface area contributed by atoms with Crippen molar-refractivity contribution in [3.63, 3.8) is 0 Å². The van der Waals surface area contributed by atoms with E-state index in [2.05, 4.69) is 15.7 Å². The van der Waals surface area contributed by atoms with E-state index in [0.717, 1.165) is 5.56 Å². The average Bonchev–Trinajstić information content (AvgIpc) is 2.93. The monoisotopic (exact) mass is 328 g/mol. The van der Waals surface area contributed by atoms with E-state index in [1.54, 1.807) is 17.1 Å². The lowest BCUT2D eigenvalue weighted by Crippen LogP contribution is -2.43. The fourth-order valence-corrected chi connectivity index (χ4v) is 2.46. The van der Waals surface area contributed by atoms with Gasteiger partial charge in [-0.15, -0.1) is 0 Å². The summed E-state index contributed by atoms with van der Waals surface area (Å²) in [4.78, 5) is 23.7. The van der Waals surface area contributed by atoms with Crippen LogP contribution in [0.25, 0.3) is 0 Å². The number of carbonyl (C=O) groups excluding carboxylic acids is 2. The van der Waals surface area contributed by atoms with E-state index in [9.17, 15) is 9.59 Å². The van der Waals surface area contributed by atoms with Gasteiger partial charge in [0.15, 0.2) is 0 Å². The molecule has 0 aliphatic carbocycles. The molecule has 0 bridgehead atoms. The van der Waals surface area contributed by atoms with Crippen molar-refractivity contribution in [3.8, 4) is 0 Å². The number of carbonyl (C=O) groups is 2. The Hall–Kier alpha value is -2.63. The predicted molar refractivity (Wildman–Crippen MR) is 93.5 cm³/mol. The summed E-state index contributed by atoms with van der Waals surface area (Å²) in [6, 6.07) is 9.43. The van der Waals surface area contributed by atoms with Gasteiger partial charge in [0, 0.05) is 13.1 Å². The van der Waals surface area contributed by atoms with Crippen LogP contribution in [0.15, 0.2) is 42.7 Å². The molecule has 0 spiro atoms. The van der Waals surface area contributed by atoms with E-state index < -0.39 is 6.04 Å². The number of aromatic nitrogens is 2. The molecule has 1 aromatic carbocycles. The fraction of sp³-hybridized carbons (Fsp3) is 0.389. The Morgan fingerprint density at radius 1 is 1.21 bits per heavy atom. The van der Waals surface area contributed by atoms with Crippen molar-refractivity contribution in [1.29, 1.82) is 0 Å². The highest BCUT2D eigenvalue weighted by molar-refractivity contribution is 5.96. The molecule has 0 fully saturated rings. The molecule has 0 aliphatic rings. The van der Waals surface area contributed by atoms with Gasteiger partial charge in [-0.2, -0.15) is 5.10 Å². The maximum atomic E-state index is 12.4. The van der Waals surface area contributed by atoms with Crippen molar-refractivity contribution in [3.05, 3.63) is 48.3 Å². The van der Waals surface area contributed by atoms with E-state index in [4.69, 9.17) is 0 Å². The Labute approximate surface area is 142 Å². The van der Waals surface area contributed by atoms with Crippen LogP contribution in [0.5, 0.6) is 0 Å². The highest BCUT2D eigenvalue weighted by Crippen LogP contribution is 2.11. The quantitative estimate of drug-likeness (QED) is 0.819. The predicted octanol–water partition coefficient (Wildman–Crippen LogP) is 2.42. The van der Waals surface area contributed by atoms with Gasteiger partial charge in [0.2, 0.25) is 11.8 Å². The van der Waals surface area contributed by atoms with Crippen LogP contribution in [0.4, 0.5) is 5.69 Å². The first kappa shape index (κ1) is 17.7. The van der Waals surface area contributed by atoms with E-state index in [1.165, 1.54) is 6.92 Å². The molecule has 0 aliphatic heterocycles. The van der Waals surface area contributed by atoms with Gasteiger partial charge in [-0.3, -0.25) is 14.3 Å². The number of benzene rings is 1. The van der Waals surface area contributed by atoms with Gasteiger partial charge < -0.3 is 10.6 Å². The van der Waals surface area contributed by atoms with Crippen LogP contribution < -0.4 is 10.6 Å². The second-order valence-corrected chi connectivity index (χ2v) is 6.28. The second-order valence-electron chi connectivity index (χ2n) is 6.28. The Balaban J connectivity index is 1.99. The maximum Gasteiger partial charge on any atom is 0.247 e. The molecule has 24 heavy (non-hydrogen) atoms. The SMILES string of the molecule is CC(=O)N[C@H](CC(C)C)C(=O)Nc1cnn(Cc2ccccc2)c1. The standard InChI is InChI=1S/C18H24N4O2/c1-13(2)9-17(20-14(3)23)18(24)21-16-10-19-22(12-16)11-15-7-5-4-6-8-15/h4-8,10,12-13,17H,9,11H2,1-3H3,(H,20,23)(H,21,24)/t17-/m1/s1. The largest absolute Gasteiger partial charge is 0.345 e. The molecular formula is C18H24N4O2. The first-order chi connectivity index (χ1) is 11.4. The van der Waals surface area contributed by atoms with Gasteiger partial charge in [-0.05, 0) is 17.9 Å². The number of nitrogens with one attached hydrogen (secondary N) is 2. The summed E-state index contributed by atoms with van der Waals surface area (Å²) < 4.78 is 1.76. The van der Waals surface area contributed by atoms with E-state index in [-0.39, 0.29) is 11.8 Å². The smallest absolute Gasteiger partial charge is 0.247 e. The molecule has 0 saturated heterocycles. The van der Waals surface area contributed by atoms with Gasteiger partial charge in [0.05, 0.1) is 18.4 Å². The third-order valence-corrected chi connectivity index (χ3v) is 3.49. The normalized spacial score (nSPS) is 12.0. The molecule has 0 saturated carbocycles. The Bertz CT molecular complexity index is 679. The zero-order chi connectivity index (χ0) is 17.5. The minimum atomic E-state index is -0.542. The molecule has 2 N–H and O–H groups in total. The molecule has 128 valence electrons. The lowest BCUT2D eigenvalue weighted by atomic mass is 10.0. The van der Waals surface area contributed by atoms with Gasteiger partial charge >= 0.3 is 0 Å². The summed E-state index contributed by atoms with van der Waals surface area (Å²) in [5, 5.41) is 9.78. The lowest BCUT2D eigenvalue weighted by Gasteiger charge is -2.18. The average molecular weight is 328 g/mol. The highest BCUT2D eigenvalue weighted by atomic mass is 16.2. The van der Waals surface area contributed by atoms with Crippen LogP contribution in [0.3, 0.4) is 0 Å². The summed E-state index contributed by atoms with van der Waals surface area (Å²) in [5.41, 5.74) is 1.75. The van der Waals surface area contributed by atoms with Gasteiger partial charge in [0.1, 0.15) is 6.04 Å². The van der Waals surface area contributed by atoms with Crippen molar-refractivity contribution in [2.24, 2.45) is 5.92 Å².